The summed E-state index contributed by atoms with van der Waals surface area (Å²) in [6.07, 6.45) is 3.57. The van der Waals surface area contributed by atoms with E-state index in [9.17, 15) is 4.79 Å². The molecule has 2 atom stereocenters. The summed E-state index contributed by atoms with van der Waals surface area (Å²) < 4.78 is 0. The van der Waals surface area contributed by atoms with Gasteiger partial charge in [-0.25, -0.2) is 4.79 Å². The van der Waals surface area contributed by atoms with Crippen molar-refractivity contribution in [3.05, 3.63) is 0 Å². The lowest BCUT2D eigenvalue weighted by atomic mass is 10.1. The normalized spacial score (nSPS) is 32.1. The molecule has 0 radical (unpaired) electrons. The third kappa shape index (κ3) is 2.25. The number of amides is 2. The van der Waals surface area contributed by atoms with E-state index in [1.54, 1.807) is 0 Å². The third-order valence-electron chi connectivity index (χ3n) is 3.57. The lowest BCUT2D eigenvalue weighted by molar-refractivity contribution is 0.151. The van der Waals surface area contributed by atoms with Gasteiger partial charge < -0.3 is 15.5 Å². The van der Waals surface area contributed by atoms with Crippen molar-refractivity contribution in [2.75, 3.05) is 26.2 Å². The maximum atomic E-state index is 12.1. The van der Waals surface area contributed by atoms with Crippen molar-refractivity contribution in [3.8, 4) is 0 Å². The van der Waals surface area contributed by atoms with Gasteiger partial charge in [-0.15, -0.1) is 0 Å². The molecule has 0 aromatic rings. The summed E-state index contributed by atoms with van der Waals surface area (Å²) in [4.78, 5) is 16.0. The fourth-order valence-electron chi connectivity index (χ4n) is 2.43. The van der Waals surface area contributed by atoms with Crippen LogP contribution in [0.4, 0.5) is 4.79 Å². The largest absolute Gasteiger partial charge is 0.326 e. The highest BCUT2D eigenvalue weighted by atomic mass is 16.2. The van der Waals surface area contributed by atoms with Crippen molar-refractivity contribution in [3.63, 3.8) is 0 Å². The Hall–Kier alpha value is -0.770. The number of nitrogens with two attached hydrogens (primary N) is 1. The molecule has 4 heteroatoms. The minimum absolute atomic E-state index is 0.166. The van der Waals surface area contributed by atoms with Crippen LogP contribution in [0, 0.1) is 5.92 Å². The molecule has 2 aliphatic rings. The Kier molecular flexibility index (Phi) is 3.14. The van der Waals surface area contributed by atoms with Crippen molar-refractivity contribution < 1.29 is 4.79 Å². The second-order valence-electron chi connectivity index (χ2n) is 4.88. The van der Waals surface area contributed by atoms with Gasteiger partial charge in [0.05, 0.1) is 0 Å². The topological polar surface area (TPSA) is 49.6 Å². The first-order chi connectivity index (χ1) is 7.18. The molecule has 15 heavy (non-hydrogen) atoms. The summed E-state index contributed by atoms with van der Waals surface area (Å²) in [7, 11) is 0. The average molecular weight is 211 g/mol. The third-order valence-corrected chi connectivity index (χ3v) is 3.57. The maximum absolute atomic E-state index is 12.1. The molecule has 4 nitrogen and oxygen atoms in total. The highest BCUT2D eigenvalue weighted by Crippen LogP contribution is 2.18. The van der Waals surface area contributed by atoms with Gasteiger partial charge in [0.15, 0.2) is 0 Å². The molecule has 2 rings (SSSR count). The van der Waals surface area contributed by atoms with Gasteiger partial charge in [-0.3, -0.25) is 0 Å². The Bertz CT molecular complexity index is 228. The molecule has 2 unspecified atom stereocenters. The number of hydrogen-bond donors (Lipinski definition) is 1. The minimum atomic E-state index is 0.166. The van der Waals surface area contributed by atoms with Crippen LogP contribution in [0.15, 0.2) is 0 Å². The summed E-state index contributed by atoms with van der Waals surface area (Å²) in [6.45, 7) is 5.54. The first-order valence-corrected chi connectivity index (χ1v) is 5.98. The van der Waals surface area contributed by atoms with Gasteiger partial charge in [0, 0.05) is 32.2 Å². The van der Waals surface area contributed by atoms with Crippen LogP contribution < -0.4 is 5.73 Å². The Labute approximate surface area is 91.4 Å². The van der Waals surface area contributed by atoms with Crippen molar-refractivity contribution in [1.29, 1.82) is 0 Å². The van der Waals surface area contributed by atoms with Gasteiger partial charge in [-0.1, -0.05) is 6.92 Å². The number of carbonyl (C=O) groups excluding carboxylic acids is 1. The Morgan fingerprint density at radius 1 is 1.13 bits per heavy atom. The Morgan fingerprint density at radius 3 is 2.33 bits per heavy atom. The Balaban J connectivity index is 1.90. The molecule has 0 aliphatic carbocycles. The summed E-state index contributed by atoms with van der Waals surface area (Å²) in [5.41, 5.74) is 5.92. The molecule has 2 N–H and O–H groups in total. The molecule has 86 valence electrons. The average Bonchev–Trinajstić information content (AvgIpc) is 2.59. The molecule has 2 amide bonds. The van der Waals surface area contributed by atoms with Crippen LogP contribution in [0.1, 0.15) is 26.2 Å². The Morgan fingerprint density at radius 2 is 1.80 bits per heavy atom. The standard InChI is InChI=1S/C11H21N3O/c1-9-7-14(8-10(9)12)11(15)13-5-3-2-4-6-13/h9-10H,2-8,12H2,1H3. The predicted octanol–water partition coefficient (Wildman–Crippen LogP) is 0.871. The molecular weight excluding hydrogens is 190 g/mol. The van der Waals surface area contributed by atoms with Crippen LogP contribution in [0.3, 0.4) is 0 Å². The summed E-state index contributed by atoms with van der Waals surface area (Å²) in [6, 6.07) is 0.369. The molecule has 2 fully saturated rings. The lowest BCUT2D eigenvalue weighted by Gasteiger charge is -2.30. The van der Waals surface area contributed by atoms with Gasteiger partial charge in [-0.05, 0) is 25.2 Å². The fraction of sp³-hybridized carbons (Fsp3) is 0.909. The minimum Gasteiger partial charge on any atom is -0.326 e. The van der Waals surface area contributed by atoms with E-state index in [2.05, 4.69) is 6.92 Å². The first kappa shape index (κ1) is 10.7. The van der Waals surface area contributed by atoms with Crippen molar-refractivity contribution >= 4 is 6.03 Å². The maximum Gasteiger partial charge on any atom is 0.320 e. The van der Waals surface area contributed by atoms with E-state index in [-0.39, 0.29) is 12.1 Å². The zero-order valence-corrected chi connectivity index (χ0v) is 9.48. The summed E-state index contributed by atoms with van der Waals surface area (Å²) >= 11 is 0. The van der Waals surface area contributed by atoms with E-state index in [0.29, 0.717) is 5.92 Å². The second-order valence-corrected chi connectivity index (χ2v) is 4.88. The quantitative estimate of drug-likeness (QED) is 0.646. The van der Waals surface area contributed by atoms with E-state index >= 15 is 0 Å². The molecule has 0 aromatic heterocycles. The zero-order chi connectivity index (χ0) is 10.8. The van der Waals surface area contributed by atoms with Crippen LogP contribution >= 0.6 is 0 Å². The van der Waals surface area contributed by atoms with Crippen LogP contribution in [0.5, 0.6) is 0 Å². The summed E-state index contributed by atoms with van der Waals surface area (Å²) in [5.74, 6) is 0.443. The van der Waals surface area contributed by atoms with Gasteiger partial charge in [-0.2, -0.15) is 0 Å². The SMILES string of the molecule is CC1CN(C(=O)N2CCCCC2)CC1N. The number of likely N-dealkylation sites (tertiary alicyclic amines) is 2. The van der Waals surface area contributed by atoms with E-state index in [1.165, 1.54) is 6.42 Å². The number of carbonyl (C=O) groups is 1. The van der Waals surface area contributed by atoms with E-state index < -0.39 is 0 Å². The first-order valence-electron chi connectivity index (χ1n) is 5.98. The lowest BCUT2D eigenvalue weighted by Crippen LogP contribution is -2.45. The van der Waals surface area contributed by atoms with Gasteiger partial charge in [0.2, 0.25) is 0 Å². The van der Waals surface area contributed by atoms with Crippen LogP contribution in [-0.2, 0) is 0 Å². The van der Waals surface area contributed by atoms with Crippen molar-refractivity contribution in [2.24, 2.45) is 11.7 Å². The second kappa shape index (κ2) is 4.39. The van der Waals surface area contributed by atoms with Gasteiger partial charge >= 0.3 is 6.03 Å². The number of hydrogen-bond acceptors (Lipinski definition) is 2. The molecule has 0 saturated carbocycles. The van der Waals surface area contributed by atoms with Gasteiger partial charge in [0.25, 0.3) is 0 Å². The molecule has 2 saturated heterocycles. The smallest absolute Gasteiger partial charge is 0.320 e. The number of nitrogens with zero attached hydrogens (tertiary/aromatic N) is 2. The van der Waals surface area contributed by atoms with Crippen LogP contribution in [0.25, 0.3) is 0 Å². The van der Waals surface area contributed by atoms with E-state index in [0.717, 1.165) is 39.0 Å². The summed E-state index contributed by atoms with van der Waals surface area (Å²) in [5, 5.41) is 0. The van der Waals surface area contributed by atoms with Crippen LogP contribution in [0.2, 0.25) is 0 Å². The van der Waals surface area contributed by atoms with E-state index in [4.69, 9.17) is 5.73 Å². The van der Waals surface area contributed by atoms with Crippen molar-refractivity contribution in [1.82, 2.24) is 9.80 Å². The molecular formula is C11H21N3O. The highest BCUT2D eigenvalue weighted by Gasteiger charge is 2.32. The van der Waals surface area contributed by atoms with Crippen LogP contribution in [-0.4, -0.2) is 48.1 Å². The predicted molar refractivity (Wildman–Crippen MR) is 59.5 cm³/mol. The molecule has 0 spiro atoms. The zero-order valence-electron chi connectivity index (χ0n) is 9.48. The molecule has 0 aromatic carbocycles. The monoisotopic (exact) mass is 211 g/mol. The number of rotatable bonds is 0. The van der Waals surface area contributed by atoms with Crippen molar-refractivity contribution in [2.45, 2.75) is 32.2 Å². The molecule has 2 aliphatic heterocycles. The number of piperidine rings is 1. The molecule has 2 heterocycles. The highest BCUT2D eigenvalue weighted by molar-refractivity contribution is 5.75. The van der Waals surface area contributed by atoms with Gasteiger partial charge in [0.1, 0.15) is 0 Å². The molecule has 0 bridgehead atoms. The number of urea groups is 1. The van der Waals surface area contributed by atoms with E-state index in [1.807, 2.05) is 9.80 Å². The fourth-order valence-corrected chi connectivity index (χ4v) is 2.43.